The van der Waals surface area contributed by atoms with Gasteiger partial charge in [-0.15, -0.1) is 0 Å². The molecular weight excluding hydrogens is 1020 g/mol. The number of carbonyl (C=O) groups is 3. The van der Waals surface area contributed by atoms with Crippen molar-refractivity contribution in [3.8, 4) is 0 Å². The Morgan fingerprint density at radius 1 is 0.241 bits per heavy atom. The SMILES string of the molecule is CCCCC/C=C\C/C=C\C/C=C\CCCCCCCCC(=O)OCC(COC(=O)CCCCCCCCCCCCC/C=C\CCCCCCCCCC)OC(=O)CCCCCCCCCCCCC/C=C\CCCCCCCCCC. The first-order valence-corrected chi connectivity index (χ1v) is 36.8. The second-order valence-electron chi connectivity index (χ2n) is 24.8. The molecule has 0 amide bonds. The smallest absolute Gasteiger partial charge is 0.306 e. The summed E-state index contributed by atoms with van der Waals surface area (Å²) in [5, 5.41) is 0. The van der Waals surface area contributed by atoms with Crippen molar-refractivity contribution in [2.24, 2.45) is 0 Å². The van der Waals surface area contributed by atoms with E-state index in [2.05, 4.69) is 81.5 Å². The molecule has 0 heterocycles. The molecule has 0 aromatic rings. The van der Waals surface area contributed by atoms with Crippen molar-refractivity contribution in [1.82, 2.24) is 0 Å². The molecule has 0 aromatic heterocycles. The molecule has 0 aliphatic rings. The lowest BCUT2D eigenvalue weighted by Crippen LogP contribution is -2.30. The van der Waals surface area contributed by atoms with Gasteiger partial charge in [0.1, 0.15) is 13.2 Å². The van der Waals surface area contributed by atoms with E-state index < -0.39 is 6.10 Å². The Morgan fingerprint density at radius 3 is 0.711 bits per heavy atom. The Bertz CT molecular complexity index is 1470. The maximum Gasteiger partial charge on any atom is 0.306 e. The Kier molecular flexibility index (Phi) is 69.1. The molecule has 0 saturated heterocycles. The van der Waals surface area contributed by atoms with Gasteiger partial charge in [0.25, 0.3) is 0 Å². The van der Waals surface area contributed by atoms with E-state index in [-0.39, 0.29) is 31.1 Å². The van der Waals surface area contributed by atoms with Gasteiger partial charge in [0.15, 0.2) is 6.10 Å². The van der Waals surface area contributed by atoms with Crippen molar-refractivity contribution < 1.29 is 28.6 Å². The number of rotatable bonds is 68. The van der Waals surface area contributed by atoms with Crippen LogP contribution < -0.4 is 0 Å². The van der Waals surface area contributed by atoms with Gasteiger partial charge in [0, 0.05) is 19.3 Å². The van der Waals surface area contributed by atoms with Gasteiger partial charge >= 0.3 is 17.9 Å². The minimum Gasteiger partial charge on any atom is -0.462 e. The van der Waals surface area contributed by atoms with Crippen LogP contribution in [0.3, 0.4) is 0 Å². The van der Waals surface area contributed by atoms with Gasteiger partial charge in [-0.3, -0.25) is 14.4 Å². The zero-order chi connectivity index (χ0) is 59.9. The van der Waals surface area contributed by atoms with Crippen LogP contribution in [0.25, 0.3) is 0 Å². The topological polar surface area (TPSA) is 78.9 Å². The van der Waals surface area contributed by atoms with Gasteiger partial charge < -0.3 is 14.2 Å². The van der Waals surface area contributed by atoms with Crippen LogP contribution in [0.4, 0.5) is 0 Å². The fourth-order valence-corrected chi connectivity index (χ4v) is 10.9. The van der Waals surface area contributed by atoms with Gasteiger partial charge in [-0.05, 0) is 109 Å². The van der Waals surface area contributed by atoms with Gasteiger partial charge in [-0.1, -0.05) is 326 Å². The molecule has 6 nitrogen and oxygen atoms in total. The van der Waals surface area contributed by atoms with E-state index in [9.17, 15) is 14.4 Å². The number of carbonyl (C=O) groups excluding carboxylic acids is 3. The highest BCUT2D eigenvalue weighted by Crippen LogP contribution is 2.18. The minimum atomic E-state index is -0.782. The third kappa shape index (κ3) is 69.8. The van der Waals surface area contributed by atoms with Crippen LogP contribution in [-0.4, -0.2) is 37.2 Å². The van der Waals surface area contributed by atoms with E-state index in [4.69, 9.17) is 14.2 Å². The number of esters is 3. The molecule has 0 aromatic carbocycles. The fourth-order valence-electron chi connectivity index (χ4n) is 10.9. The molecule has 1 unspecified atom stereocenters. The normalized spacial score (nSPS) is 12.4. The third-order valence-electron chi connectivity index (χ3n) is 16.5. The van der Waals surface area contributed by atoms with E-state index in [1.165, 1.54) is 276 Å². The summed E-state index contributed by atoms with van der Waals surface area (Å²) >= 11 is 0. The molecule has 0 fully saturated rings. The quantitative estimate of drug-likeness (QED) is 0.0261. The van der Waals surface area contributed by atoms with Crippen molar-refractivity contribution in [3.63, 3.8) is 0 Å². The lowest BCUT2D eigenvalue weighted by Gasteiger charge is -2.18. The molecule has 0 radical (unpaired) electrons. The Hall–Kier alpha value is -2.89. The molecule has 6 heteroatoms. The molecular formula is C77H140O6. The monoisotopic (exact) mass is 1160 g/mol. The number of ether oxygens (including phenoxy) is 3. The largest absolute Gasteiger partial charge is 0.462 e. The van der Waals surface area contributed by atoms with Crippen molar-refractivity contribution >= 4 is 17.9 Å². The van der Waals surface area contributed by atoms with Crippen LogP contribution in [0, 0.1) is 0 Å². The molecule has 0 bridgehead atoms. The van der Waals surface area contributed by atoms with Crippen LogP contribution in [-0.2, 0) is 28.6 Å². The number of hydrogen-bond donors (Lipinski definition) is 0. The molecule has 0 aliphatic heterocycles. The van der Waals surface area contributed by atoms with Gasteiger partial charge in [0.05, 0.1) is 0 Å². The van der Waals surface area contributed by atoms with Crippen LogP contribution in [0.2, 0.25) is 0 Å². The molecule has 1 atom stereocenters. The minimum absolute atomic E-state index is 0.0763. The van der Waals surface area contributed by atoms with E-state index in [1.807, 2.05) is 0 Å². The summed E-state index contributed by atoms with van der Waals surface area (Å²) in [5.74, 6) is -0.865. The predicted molar refractivity (Wildman–Crippen MR) is 362 cm³/mol. The number of unbranched alkanes of at least 4 members (excludes halogenated alkanes) is 47. The maximum absolute atomic E-state index is 13.0. The predicted octanol–water partition coefficient (Wildman–Crippen LogP) is 25.5. The Balaban J connectivity index is 4.35. The summed E-state index contributed by atoms with van der Waals surface area (Å²) in [6.45, 7) is 6.67. The molecule has 83 heavy (non-hydrogen) atoms. The van der Waals surface area contributed by atoms with Crippen molar-refractivity contribution in [1.29, 1.82) is 0 Å². The van der Waals surface area contributed by atoms with Crippen LogP contribution in [0.5, 0.6) is 0 Å². The lowest BCUT2D eigenvalue weighted by molar-refractivity contribution is -0.167. The summed E-state index contributed by atoms with van der Waals surface area (Å²) in [6, 6.07) is 0. The van der Waals surface area contributed by atoms with Gasteiger partial charge in [0.2, 0.25) is 0 Å². The molecule has 0 rings (SSSR count). The molecule has 484 valence electrons. The number of hydrogen-bond acceptors (Lipinski definition) is 6. The maximum atomic E-state index is 13.0. The van der Waals surface area contributed by atoms with Crippen molar-refractivity contribution in [3.05, 3.63) is 60.8 Å². The highest BCUT2D eigenvalue weighted by molar-refractivity contribution is 5.71. The summed E-state index contributed by atoms with van der Waals surface area (Å²) in [7, 11) is 0. The molecule has 0 spiro atoms. The molecule has 0 N–H and O–H groups in total. The van der Waals surface area contributed by atoms with E-state index in [0.717, 1.165) is 77.0 Å². The zero-order valence-electron chi connectivity index (χ0n) is 55.7. The first-order chi connectivity index (χ1) is 41.0. The van der Waals surface area contributed by atoms with Gasteiger partial charge in [-0.2, -0.15) is 0 Å². The highest BCUT2D eigenvalue weighted by atomic mass is 16.6. The van der Waals surface area contributed by atoms with E-state index in [1.54, 1.807) is 0 Å². The lowest BCUT2D eigenvalue weighted by atomic mass is 10.0. The average molecular weight is 1160 g/mol. The highest BCUT2D eigenvalue weighted by Gasteiger charge is 2.19. The Labute approximate surface area is 517 Å². The van der Waals surface area contributed by atoms with Crippen molar-refractivity contribution in [2.45, 2.75) is 399 Å². The first kappa shape index (κ1) is 80.1. The summed E-state index contributed by atoms with van der Waals surface area (Å²) < 4.78 is 17.0. The van der Waals surface area contributed by atoms with Gasteiger partial charge in [-0.25, -0.2) is 0 Å². The van der Waals surface area contributed by atoms with E-state index >= 15 is 0 Å². The second-order valence-corrected chi connectivity index (χ2v) is 24.8. The standard InChI is InChI=1S/C77H140O6/c1-4-7-10-13-16-19-22-25-28-31-34-36-38-40-43-46-49-52-55-58-61-64-67-70-76(79)82-73-74(72-81-75(78)69-66-63-60-57-54-51-48-45-42-33-30-27-24-21-18-15-12-9-6-3)83-77(80)71-68-65-62-59-56-53-50-47-44-41-39-37-35-32-29-26-23-20-17-14-11-8-5-2/h18,21,27,30-32,34-35,42,45,74H,4-17,19-20,22-26,28-29,33,36-41,43-44,46-73H2,1-3H3/b21-18-,30-27-,34-31-,35-32-,45-42-. The first-order valence-electron chi connectivity index (χ1n) is 36.8. The fraction of sp³-hybridized carbons (Fsp3) is 0.831. The third-order valence-corrected chi connectivity index (χ3v) is 16.5. The van der Waals surface area contributed by atoms with Crippen LogP contribution >= 0.6 is 0 Å². The summed E-state index contributed by atoms with van der Waals surface area (Å²) in [6.07, 6.45) is 92.5. The summed E-state index contributed by atoms with van der Waals surface area (Å²) in [5.41, 5.74) is 0. The van der Waals surface area contributed by atoms with Crippen LogP contribution in [0.15, 0.2) is 60.8 Å². The Morgan fingerprint density at radius 2 is 0.434 bits per heavy atom. The molecule has 0 aliphatic carbocycles. The number of allylic oxidation sites excluding steroid dienone is 10. The second kappa shape index (κ2) is 71.6. The average Bonchev–Trinajstić information content (AvgIpc) is 3.49. The summed E-state index contributed by atoms with van der Waals surface area (Å²) in [4.78, 5) is 38.5. The zero-order valence-corrected chi connectivity index (χ0v) is 55.7. The molecule has 0 saturated carbocycles. The van der Waals surface area contributed by atoms with Crippen molar-refractivity contribution in [2.75, 3.05) is 13.2 Å². The van der Waals surface area contributed by atoms with E-state index in [0.29, 0.717) is 19.3 Å². The van der Waals surface area contributed by atoms with Crippen LogP contribution in [0.1, 0.15) is 393 Å².